The molecule has 2 aliphatic heterocycles. The first-order valence-electron chi connectivity index (χ1n) is 8.38. The van der Waals surface area contributed by atoms with Crippen LogP contribution in [0.1, 0.15) is 32.3 Å². The molecule has 0 radical (unpaired) electrons. The molecule has 152 valence electrons. The molecule has 2 aliphatic rings. The number of thiophene rings is 1. The van der Waals surface area contributed by atoms with Gasteiger partial charge in [0, 0.05) is 11.6 Å². The van der Waals surface area contributed by atoms with Gasteiger partial charge in [0.25, 0.3) is 11.8 Å². The zero-order chi connectivity index (χ0) is 20.9. The number of nitrogens with zero attached hydrogens (tertiary/aromatic N) is 2. The average molecular weight is 438 g/mol. The third kappa shape index (κ3) is 3.34. The summed E-state index contributed by atoms with van der Waals surface area (Å²) in [5.41, 5.74) is -0.0540. The van der Waals surface area contributed by atoms with Crippen LogP contribution in [0.4, 0.5) is 5.00 Å². The van der Waals surface area contributed by atoms with Crippen molar-refractivity contribution in [1.82, 2.24) is 4.90 Å². The summed E-state index contributed by atoms with van der Waals surface area (Å²) in [5.74, 6) is -1.36. The first kappa shape index (κ1) is 19.3. The number of rotatable bonds is 5. The largest absolute Gasteiger partial charge is 0.486 e. The van der Waals surface area contributed by atoms with Crippen LogP contribution in [0.5, 0.6) is 11.5 Å². The fourth-order valence-corrected chi connectivity index (χ4v) is 5.11. The summed E-state index contributed by atoms with van der Waals surface area (Å²) in [5, 5.41) is 12.0. The van der Waals surface area contributed by atoms with Crippen LogP contribution in [0.25, 0.3) is 0 Å². The number of carbonyl (C=O) groups excluding carboxylic acids is 2. The van der Waals surface area contributed by atoms with Crippen LogP contribution < -0.4 is 9.47 Å². The van der Waals surface area contributed by atoms with Gasteiger partial charge in [-0.05, 0) is 17.7 Å². The Morgan fingerprint density at radius 1 is 1.21 bits per heavy atom. The summed E-state index contributed by atoms with van der Waals surface area (Å²) in [6.45, 7) is 0.670. The average Bonchev–Trinajstić information content (AvgIpc) is 3.20. The van der Waals surface area contributed by atoms with Gasteiger partial charge in [0.1, 0.15) is 28.6 Å². The number of ether oxygens (including phenoxy) is 2. The lowest BCUT2D eigenvalue weighted by atomic mass is 10.1. The first-order valence-corrected chi connectivity index (χ1v) is 11.3. The van der Waals surface area contributed by atoms with E-state index in [2.05, 4.69) is 0 Å². The highest BCUT2D eigenvalue weighted by Gasteiger charge is 2.47. The minimum absolute atomic E-state index is 0.0947. The molecule has 0 saturated carbocycles. The van der Waals surface area contributed by atoms with Crippen molar-refractivity contribution in [2.24, 2.45) is 0 Å². The van der Waals surface area contributed by atoms with E-state index in [1.165, 1.54) is 11.4 Å². The Morgan fingerprint density at radius 2 is 1.90 bits per heavy atom. The molecule has 1 aromatic heterocycles. The van der Waals surface area contributed by atoms with Crippen molar-refractivity contribution in [3.8, 4) is 11.5 Å². The van der Waals surface area contributed by atoms with Crippen molar-refractivity contribution >= 4 is 38.0 Å². The third-order valence-electron chi connectivity index (χ3n) is 4.54. The quantitative estimate of drug-likeness (QED) is 0.392. The maximum Gasteiger partial charge on any atom is 0.337 e. The maximum absolute atomic E-state index is 12.9. The van der Waals surface area contributed by atoms with E-state index in [4.69, 9.17) is 9.47 Å². The van der Waals surface area contributed by atoms with E-state index < -0.39 is 43.4 Å². The summed E-state index contributed by atoms with van der Waals surface area (Å²) in [6, 6.07) is 3.47. The summed E-state index contributed by atoms with van der Waals surface area (Å²) in [4.78, 5) is 37.1. The SMILES string of the molecule is CS(=O)(=O)C[C@H](c1ccc2c(c1)OCCO2)N1C(=O)c2csc([N+](=O)[O-])c2C1=O. The highest BCUT2D eigenvalue weighted by molar-refractivity contribution is 7.90. The molecule has 0 aliphatic carbocycles. The molecular formula is C17H14N2O8S2. The molecule has 0 unspecified atom stereocenters. The second-order valence-electron chi connectivity index (χ2n) is 6.58. The molecule has 0 N–H and O–H groups in total. The second kappa shape index (κ2) is 6.81. The standard InChI is InChI=1S/C17H14N2O8S2/c1-29(24,25)8-11(9-2-3-12-13(6-9)27-5-4-26-12)18-15(20)10-7-28-17(19(22)23)14(10)16(18)21/h2-3,6-7,11H,4-5,8H2,1H3/t11-/m1/s1. The van der Waals surface area contributed by atoms with Crippen molar-refractivity contribution in [2.75, 3.05) is 25.2 Å². The van der Waals surface area contributed by atoms with E-state index in [1.54, 1.807) is 12.1 Å². The van der Waals surface area contributed by atoms with E-state index in [0.29, 0.717) is 41.6 Å². The van der Waals surface area contributed by atoms with Crippen molar-refractivity contribution in [3.63, 3.8) is 0 Å². The number of fused-ring (bicyclic) bond motifs is 2. The van der Waals surface area contributed by atoms with Crippen molar-refractivity contribution in [1.29, 1.82) is 0 Å². The lowest BCUT2D eigenvalue weighted by Gasteiger charge is -2.27. The molecule has 0 spiro atoms. The van der Waals surface area contributed by atoms with Gasteiger partial charge in [0.15, 0.2) is 11.5 Å². The zero-order valence-electron chi connectivity index (χ0n) is 15.0. The highest BCUT2D eigenvalue weighted by atomic mass is 32.2. The predicted molar refractivity (Wildman–Crippen MR) is 101 cm³/mol. The zero-order valence-corrected chi connectivity index (χ0v) is 16.6. The molecule has 3 heterocycles. The van der Waals surface area contributed by atoms with Crippen LogP contribution in [0.15, 0.2) is 23.6 Å². The Labute approximate surface area is 168 Å². The highest BCUT2D eigenvalue weighted by Crippen LogP contribution is 2.41. The Morgan fingerprint density at radius 3 is 2.55 bits per heavy atom. The number of amides is 2. The van der Waals surface area contributed by atoms with Crippen LogP contribution in [-0.4, -0.2) is 55.3 Å². The van der Waals surface area contributed by atoms with Gasteiger partial charge in [-0.3, -0.25) is 24.6 Å². The smallest absolute Gasteiger partial charge is 0.337 e. The Kier molecular flexibility index (Phi) is 4.54. The van der Waals surface area contributed by atoms with Gasteiger partial charge in [0.05, 0.1) is 22.3 Å². The maximum atomic E-state index is 12.9. The number of sulfone groups is 1. The number of hydrogen-bond acceptors (Lipinski definition) is 9. The Hall–Kier alpha value is -2.99. The van der Waals surface area contributed by atoms with Gasteiger partial charge in [-0.1, -0.05) is 17.4 Å². The fraction of sp³-hybridized carbons (Fsp3) is 0.294. The molecule has 0 fully saturated rings. The predicted octanol–water partition coefficient (Wildman–Crippen LogP) is 1.81. The number of imide groups is 1. The van der Waals surface area contributed by atoms with E-state index >= 15 is 0 Å². The molecule has 1 atom stereocenters. The number of benzene rings is 1. The molecule has 1 aromatic carbocycles. The summed E-state index contributed by atoms with van der Waals surface area (Å²) >= 11 is 0.687. The topological polar surface area (TPSA) is 133 Å². The van der Waals surface area contributed by atoms with Crippen LogP contribution in [0.3, 0.4) is 0 Å². The van der Waals surface area contributed by atoms with Crippen LogP contribution in [0, 0.1) is 10.1 Å². The van der Waals surface area contributed by atoms with Gasteiger partial charge in [-0.2, -0.15) is 0 Å². The van der Waals surface area contributed by atoms with Crippen molar-refractivity contribution < 1.29 is 32.4 Å². The molecule has 29 heavy (non-hydrogen) atoms. The monoisotopic (exact) mass is 438 g/mol. The van der Waals surface area contributed by atoms with Gasteiger partial charge >= 0.3 is 5.00 Å². The van der Waals surface area contributed by atoms with Gasteiger partial charge < -0.3 is 9.47 Å². The Bertz CT molecular complexity index is 1150. The summed E-state index contributed by atoms with van der Waals surface area (Å²) in [7, 11) is -3.62. The normalized spacial score (nSPS) is 16.7. The summed E-state index contributed by atoms with van der Waals surface area (Å²) < 4.78 is 35.0. The molecule has 12 heteroatoms. The lowest BCUT2D eigenvalue weighted by Crippen LogP contribution is -2.38. The molecule has 2 aromatic rings. The molecule has 2 amide bonds. The minimum Gasteiger partial charge on any atom is -0.486 e. The first-order chi connectivity index (χ1) is 13.7. The molecule has 4 rings (SSSR count). The molecular weight excluding hydrogens is 424 g/mol. The van der Waals surface area contributed by atoms with E-state index in [1.807, 2.05) is 0 Å². The van der Waals surface area contributed by atoms with Gasteiger partial charge in [0.2, 0.25) is 0 Å². The van der Waals surface area contributed by atoms with E-state index in [-0.39, 0.29) is 11.1 Å². The number of hydrogen-bond donors (Lipinski definition) is 0. The minimum atomic E-state index is -3.62. The Balaban J connectivity index is 1.80. The fourth-order valence-electron chi connectivity index (χ4n) is 3.35. The third-order valence-corrected chi connectivity index (χ3v) is 6.39. The lowest BCUT2D eigenvalue weighted by molar-refractivity contribution is -0.380. The van der Waals surface area contributed by atoms with Crippen LogP contribution >= 0.6 is 11.3 Å². The number of carbonyl (C=O) groups is 2. The number of nitro groups is 1. The van der Waals surface area contributed by atoms with Gasteiger partial charge in [-0.25, -0.2) is 8.42 Å². The van der Waals surface area contributed by atoms with E-state index in [9.17, 15) is 28.1 Å². The second-order valence-corrected chi connectivity index (χ2v) is 9.62. The van der Waals surface area contributed by atoms with Crippen LogP contribution in [0.2, 0.25) is 0 Å². The van der Waals surface area contributed by atoms with Crippen LogP contribution in [-0.2, 0) is 9.84 Å². The molecule has 0 saturated heterocycles. The molecule has 0 bridgehead atoms. The molecule has 10 nitrogen and oxygen atoms in total. The van der Waals surface area contributed by atoms with Gasteiger partial charge in [-0.15, -0.1) is 0 Å². The summed E-state index contributed by atoms with van der Waals surface area (Å²) in [6.07, 6.45) is 0.987. The van der Waals surface area contributed by atoms with E-state index in [0.717, 1.165) is 11.2 Å². The van der Waals surface area contributed by atoms with Crippen molar-refractivity contribution in [3.05, 3.63) is 50.4 Å². The van der Waals surface area contributed by atoms with Crippen molar-refractivity contribution in [2.45, 2.75) is 6.04 Å².